The highest BCUT2D eigenvalue weighted by atomic mass is 32.2. The molecular weight excluding hydrogens is 250 g/mol. The van der Waals surface area contributed by atoms with Crippen LogP contribution in [0.1, 0.15) is 37.7 Å². The van der Waals surface area contributed by atoms with Gasteiger partial charge in [-0.05, 0) is 43.5 Å². The van der Waals surface area contributed by atoms with Crippen LogP contribution in [0.3, 0.4) is 0 Å². The van der Waals surface area contributed by atoms with Gasteiger partial charge in [0.05, 0.1) is 5.25 Å². The number of benzene rings is 1. The Morgan fingerprint density at radius 2 is 1.89 bits per heavy atom. The van der Waals surface area contributed by atoms with Gasteiger partial charge in [0.15, 0.2) is 0 Å². The predicted molar refractivity (Wildman–Crippen MR) is 72.3 cm³/mol. The number of phenols is 1. The average Bonchev–Trinajstić information content (AvgIpc) is 2.35. The van der Waals surface area contributed by atoms with E-state index in [0.29, 0.717) is 11.3 Å². The number of aryl methyl sites for hydroxylation is 1. The molecule has 0 aliphatic heterocycles. The van der Waals surface area contributed by atoms with E-state index < -0.39 is 10.0 Å². The van der Waals surface area contributed by atoms with Crippen molar-refractivity contribution >= 4 is 15.7 Å². The van der Waals surface area contributed by atoms with E-state index in [-0.39, 0.29) is 11.0 Å². The first-order chi connectivity index (χ1) is 8.49. The monoisotopic (exact) mass is 269 g/mol. The lowest BCUT2D eigenvalue weighted by molar-refractivity contribution is 0.471. The maximum atomic E-state index is 12.2. The van der Waals surface area contributed by atoms with Crippen LogP contribution >= 0.6 is 0 Å². The van der Waals surface area contributed by atoms with Gasteiger partial charge in [-0.1, -0.05) is 19.3 Å². The van der Waals surface area contributed by atoms with Crippen LogP contribution in [-0.4, -0.2) is 18.8 Å². The lowest BCUT2D eigenvalue weighted by atomic mass is 10.0. The van der Waals surface area contributed by atoms with Gasteiger partial charge in [-0.2, -0.15) is 0 Å². The standard InChI is InChI=1S/C13H19NO3S/c1-10-9-11(7-8-13(10)15)14-18(16,17)12-5-3-2-4-6-12/h7-9,12,14-15H,2-6H2,1H3. The first-order valence-electron chi connectivity index (χ1n) is 6.30. The summed E-state index contributed by atoms with van der Waals surface area (Å²) in [4.78, 5) is 0. The Hall–Kier alpha value is -1.23. The fraction of sp³-hybridized carbons (Fsp3) is 0.538. The van der Waals surface area contributed by atoms with Gasteiger partial charge in [-0.15, -0.1) is 0 Å². The van der Waals surface area contributed by atoms with Gasteiger partial charge in [0.25, 0.3) is 0 Å². The number of phenolic OH excluding ortho intramolecular Hbond substituents is 1. The van der Waals surface area contributed by atoms with E-state index in [2.05, 4.69) is 4.72 Å². The molecule has 0 radical (unpaired) electrons. The molecule has 0 unspecified atom stereocenters. The molecule has 4 nitrogen and oxygen atoms in total. The molecule has 1 aromatic rings. The van der Waals surface area contributed by atoms with Crippen LogP contribution in [0.4, 0.5) is 5.69 Å². The summed E-state index contributed by atoms with van der Waals surface area (Å²) < 4.78 is 27.0. The lowest BCUT2D eigenvalue weighted by Crippen LogP contribution is -2.29. The van der Waals surface area contributed by atoms with Crippen molar-refractivity contribution in [3.63, 3.8) is 0 Å². The summed E-state index contributed by atoms with van der Waals surface area (Å²) in [5.41, 5.74) is 1.19. The second kappa shape index (κ2) is 5.18. The molecule has 2 N–H and O–H groups in total. The Morgan fingerprint density at radius 3 is 2.50 bits per heavy atom. The number of hydrogen-bond donors (Lipinski definition) is 2. The fourth-order valence-corrected chi connectivity index (χ4v) is 3.92. The molecule has 0 saturated heterocycles. The number of rotatable bonds is 3. The number of anilines is 1. The van der Waals surface area contributed by atoms with Gasteiger partial charge in [0.2, 0.25) is 10.0 Å². The van der Waals surface area contributed by atoms with Crippen LogP contribution in [0.2, 0.25) is 0 Å². The van der Waals surface area contributed by atoms with Crippen LogP contribution in [0.15, 0.2) is 18.2 Å². The molecule has 0 spiro atoms. The molecule has 0 aromatic heterocycles. The molecule has 1 fully saturated rings. The topological polar surface area (TPSA) is 66.4 Å². The summed E-state index contributed by atoms with van der Waals surface area (Å²) in [6.45, 7) is 1.74. The number of sulfonamides is 1. The second-order valence-corrected chi connectivity index (χ2v) is 6.87. The van der Waals surface area contributed by atoms with Crippen molar-refractivity contribution < 1.29 is 13.5 Å². The molecule has 0 amide bonds. The number of nitrogens with one attached hydrogen (secondary N) is 1. The Labute approximate surface area is 108 Å². The van der Waals surface area contributed by atoms with E-state index in [9.17, 15) is 13.5 Å². The summed E-state index contributed by atoms with van der Waals surface area (Å²) in [5.74, 6) is 0.176. The Bertz CT molecular complexity index is 519. The third kappa shape index (κ3) is 2.96. The zero-order valence-electron chi connectivity index (χ0n) is 10.5. The minimum Gasteiger partial charge on any atom is -0.508 e. The molecule has 5 heteroatoms. The van der Waals surface area contributed by atoms with Gasteiger partial charge < -0.3 is 5.11 Å². The van der Waals surface area contributed by atoms with Gasteiger partial charge >= 0.3 is 0 Å². The van der Waals surface area contributed by atoms with Gasteiger partial charge in [0, 0.05) is 5.69 Å². The Morgan fingerprint density at radius 1 is 1.22 bits per heavy atom. The number of aromatic hydroxyl groups is 1. The van der Waals surface area contributed by atoms with Crippen LogP contribution in [0.5, 0.6) is 5.75 Å². The largest absolute Gasteiger partial charge is 0.508 e. The summed E-state index contributed by atoms with van der Waals surface area (Å²) in [6, 6.07) is 4.74. The van der Waals surface area contributed by atoms with Gasteiger partial charge in [-0.25, -0.2) is 8.42 Å². The lowest BCUT2D eigenvalue weighted by Gasteiger charge is -2.22. The highest BCUT2D eigenvalue weighted by Gasteiger charge is 2.27. The molecule has 1 aliphatic rings. The summed E-state index contributed by atoms with van der Waals surface area (Å²) in [5, 5.41) is 9.14. The zero-order chi connectivity index (χ0) is 13.2. The molecule has 2 rings (SSSR count). The Balaban J connectivity index is 2.13. The molecule has 1 aromatic carbocycles. The van der Waals surface area contributed by atoms with Crippen LogP contribution in [0.25, 0.3) is 0 Å². The second-order valence-electron chi connectivity index (χ2n) is 4.91. The maximum absolute atomic E-state index is 12.2. The van der Waals surface area contributed by atoms with Crippen LogP contribution in [-0.2, 0) is 10.0 Å². The molecule has 1 aliphatic carbocycles. The van der Waals surface area contributed by atoms with E-state index in [4.69, 9.17) is 0 Å². The van der Waals surface area contributed by atoms with Crippen LogP contribution in [0, 0.1) is 6.92 Å². The molecule has 0 atom stereocenters. The van der Waals surface area contributed by atoms with Crippen molar-refractivity contribution in [3.05, 3.63) is 23.8 Å². The first kappa shape index (κ1) is 13.2. The van der Waals surface area contributed by atoms with Crippen molar-refractivity contribution in [1.82, 2.24) is 0 Å². The van der Waals surface area contributed by atoms with Crippen molar-refractivity contribution in [2.75, 3.05) is 4.72 Å². The maximum Gasteiger partial charge on any atom is 0.235 e. The van der Waals surface area contributed by atoms with E-state index in [1.807, 2.05) is 0 Å². The average molecular weight is 269 g/mol. The SMILES string of the molecule is Cc1cc(NS(=O)(=O)C2CCCCC2)ccc1O. The third-order valence-electron chi connectivity index (χ3n) is 3.45. The molecule has 0 heterocycles. The summed E-state index contributed by atoms with van der Waals surface area (Å²) in [6.07, 6.45) is 4.59. The van der Waals surface area contributed by atoms with E-state index in [1.165, 1.54) is 6.07 Å². The molecule has 100 valence electrons. The van der Waals surface area contributed by atoms with Crippen molar-refractivity contribution in [1.29, 1.82) is 0 Å². The van der Waals surface area contributed by atoms with Crippen LogP contribution < -0.4 is 4.72 Å². The summed E-state index contributed by atoms with van der Waals surface area (Å²) >= 11 is 0. The Kier molecular flexibility index (Phi) is 3.80. The number of hydrogen-bond acceptors (Lipinski definition) is 3. The normalized spacial score (nSPS) is 17.6. The predicted octanol–water partition coefficient (Wildman–Crippen LogP) is 2.78. The minimum absolute atomic E-state index is 0.176. The molecule has 0 bridgehead atoms. The quantitative estimate of drug-likeness (QED) is 0.829. The van der Waals surface area contributed by atoms with Crippen molar-refractivity contribution in [2.45, 2.75) is 44.3 Å². The van der Waals surface area contributed by atoms with Crippen molar-refractivity contribution in [2.24, 2.45) is 0 Å². The first-order valence-corrected chi connectivity index (χ1v) is 7.85. The minimum atomic E-state index is -3.30. The molecule has 18 heavy (non-hydrogen) atoms. The summed E-state index contributed by atoms with van der Waals surface area (Å²) in [7, 11) is -3.30. The van der Waals surface area contributed by atoms with E-state index in [0.717, 1.165) is 32.1 Å². The molecule has 1 saturated carbocycles. The highest BCUT2D eigenvalue weighted by Crippen LogP contribution is 2.26. The van der Waals surface area contributed by atoms with Gasteiger partial charge in [0.1, 0.15) is 5.75 Å². The fourth-order valence-electron chi connectivity index (χ4n) is 2.34. The smallest absolute Gasteiger partial charge is 0.235 e. The van der Waals surface area contributed by atoms with Gasteiger partial charge in [-0.3, -0.25) is 4.72 Å². The van der Waals surface area contributed by atoms with E-state index in [1.54, 1.807) is 19.1 Å². The van der Waals surface area contributed by atoms with E-state index >= 15 is 0 Å². The highest BCUT2D eigenvalue weighted by molar-refractivity contribution is 7.93. The third-order valence-corrected chi connectivity index (χ3v) is 5.32. The zero-order valence-corrected chi connectivity index (χ0v) is 11.3. The molecular formula is C13H19NO3S. The van der Waals surface area contributed by atoms with Crippen molar-refractivity contribution in [3.8, 4) is 5.75 Å².